The summed E-state index contributed by atoms with van der Waals surface area (Å²) in [5.41, 5.74) is 1.03. The maximum atomic E-state index is 6.06. The molecule has 0 heterocycles. The van der Waals surface area contributed by atoms with Gasteiger partial charge >= 0.3 is 0 Å². The summed E-state index contributed by atoms with van der Waals surface area (Å²) in [5, 5.41) is 0.459. The van der Waals surface area contributed by atoms with E-state index in [1.54, 1.807) is 0 Å². The van der Waals surface area contributed by atoms with Gasteiger partial charge in [-0.25, -0.2) is 0 Å². The summed E-state index contributed by atoms with van der Waals surface area (Å²) in [6.07, 6.45) is 1.81. The zero-order valence-corrected chi connectivity index (χ0v) is 8.31. The maximum Gasteiger partial charge on any atom is 0.0938 e. The van der Waals surface area contributed by atoms with Crippen LogP contribution in [-0.2, 0) is 0 Å². The second-order valence-corrected chi connectivity index (χ2v) is 3.32. The highest BCUT2D eigenvalue weighted by molar-refractivity contribution is 6.37. The Morgan fingerprint density at radius 2 is 1.92 bits per heavy atom. The molecule has 64 valence electrons. The van der Waals surface area contributed by atoms with E-state index in [2.05, 4.69) is 0 Å². The largest absolute Gasteiger partial charge is 0.112 e. The predicted octanol–water partition coefficient (Wildman–Crippen LogP) is 4.11. The molecule has 1 rings (SSSR count). The molecule has 0 aromatic heterocycles. The Kier molecular flexibility index (Phi) is 3.64. The van der Waals surface area contributed by atoms with Crippen molar-refractivity contribution in [3.05, 3.63) is 47.0 Å². The predicted molar refractivity (Wildman–Crippen MR) is 54.6 cm³/mol. The van der Waals surface area contributed by atoms with Gasteiger partial charge in [-0.1, -0.05) is 48.0 Å². The maximum absolute atomic E-state index is 6.06. The summed E-state index contributed by atoms with van der Waals surface area (Å²) in [6.45, 7) is 1.88. The molecule has 1 aromatic rings. The lowest BCUT2D eigenvalue weighted by Gasteiger charge is -2.07. The highest BCUT2D eigenvalue weighted by Gasteiger charge is 2.09. The first kappa shape index (κ1) is 9.63. The normalized spacial score (nSPS) is 14.4. The molecule has 0 bridgehead atoms. The Balaban J connectivity index is 2.86. The number of halogens is 2. The molecular weight excluding hydrogens is 191 g/mol. The van der Waals surface area contributed by atoms with Crippen LogP contribution >= 0.6 is 23.2 Å². The summed E-state index contributed by atoms with van der Waals surface area (Å²) < 4.78 is 0. The van der Waals surface area contributed by atoms with Crippen molar-refractivity contribution in [3.8, 4) is 0 Å². The van der Waals surface area contributed by atoms with Crippen LogP contribution in [0.4, 0.5) is 0 Å². The van der Waals surface area contributed by atoms with Crippen molar-refractivity contribution in [2.24, 2.45) is 0 Å². The number of alkyl halides is 1. The molecule has 0 N–H and O–H groups in total. The van der Waals surface area contributed by atoms with E-state index >= 15 is 0 Å². The number of hydrogen-bond donors (Lipinski definition) is 0. The first-order chi connectivity index (χ1) is 5.75. The summed E-state index contributed by atoms with van der Waals surface area (Å²) in [7, 11) is 0. The van der Waals surface area contributed by atoms with E-state index in [-0.39, 0.29) is 5.38 Å². The van der Waals surface area contributed by atoms with Gasteiger partial charge in [0.15, 0.2) is 0 Å². The van der Waals surface area contributed by atoms with Crippen LogP contribution in [0, 0.1) is 0 Å². The van der Waals surface area contributed by atoms with Crippen LogP contribution in [0.1, 0.15) is 17.9 Å². The monoisotopic (exact) mass is 200 g/mol. The fraction of sp³-hybridized carbons (Fsp3) is 0.200. The lowest BCUT2D eigenvalue weighted by molar-refractivity contribution is 1.18. The van der Waals surface area contributed by atoms with Crippen LogP contribution in [0.15, 0.2) is 41.4 Å². The average Bonchev–Trinajstić information content (AvgIpc) is 2.17. The van der Waals surface area contributed by atoms with Crippen molar-refractivity contribution in [2.75, 3.05) is 0 Å². The number of rotatable bonds is 2. The second-order valence-electron chi connectivity index (χ2n) is 2.45. The van der Waals surface area contributed by atoms with Gasteiger partial charge in [0.1, 0.15) is 0 Å². The molecule has 0 spiro atoms. The van der Waals surface area contributed by atoms with E-state index in [0.29, 0.717) is 5.03 Å². The van der Waals surface area contributed by atoms with Crippen molar-refractivity contribution >= 4 is 23.2 Å². The lowest BCUT2D eigenvalue weighted by Crippen LogP contribution is -1.88. The molecule has 0 aliphatic rings. The molecule has 1 unspecified atom stereocenters. The van der Waals surface area contributed by atoms with Gasteiger partial charge in [-0.05, 0) is 12.5 Å². The minimum Gasteiger partial charge on any atom is -0.112 e. The van der Waals surface area contributed by atoms with Crippen LogP contribution < -0.4 is 0 Å². The quantitative estimate of drug-likeness (QED) is 0.631. The molecule has 0 radical (unpaired) electrons. The third kappa shape index (κ3) is 2.26. The molecule has 0 saturated heterocycles. The lowest BCUT2D eigenvalue weighted by atomic mass is 10.1. The zero-order valence-electron chi connectivity index (χ0n) is 6.80. The second kappa shape index (κ2) is 4.54. The Labute approximate surface area is 82.8 Å². The SMILES string of the molecule is C/C=C(\Cl)C(Cl)c1ccccc1. The molecule has 0 aliphatic heterocycles. The van der Waals surface area contributed by atoms with Crippen LogP contribution in [0.2, 0.25) is 0 Å². The fourth-order valence-corrected chi connectivity index (χ4v) is 1.33. The number of hydrogen-bond acceptors (Lipinski definition) is 0. The van der Waals surface area contributed by atoms with Crippen molar-refractivity contribution in [1.29, 1.82) is 0 Å². The van der Waals surface area contributed by atoms with E-state index in [4.69, 9.17) is 23.2 Å². The zero-order chi connectivity index (χ0) is 8.97. The van der Waals surface area contributed by atoms with Crippen molar-refractivity contribution in [1.82, 2.24) is 0 Å². The Morgan fingerprint density at radius 3 is 2.42 bits per heavy atom. The number of benzene rings is 1. The molecule has 1 atom stereocenters. The first-order valence-corrected chi connectivity index (χ1v) is 4.58. The van der Waals surface area contributed by atoms with Crippen LogP contribution in [0.5, 0.6) is 0 Å². The van der Waals surface area contributed by atoms with E-state index in [1.165, 1.54) is 0 Å². The van der Waals surface area contributed by atoms with E-state index in [9.17, 15) is 0 Å². The third-order valence-electron chi connectivity index (χ3n) is 1.61. The molecule has 0 amide bonds. The average molecular weight is 201 g/mol. The Morgan fingerprint density at radius 1 is 1.33 bits per heavy atom. The van der Waals surface area contributed by atoms with Gasteiger partial charge in [0.05, 0.1) is 5.38 Å². The van der Waals surface area contributed by atoms with Gasteiger partial charge in [-0.2, -0.15) is 0 Å². The third-order valence-corrected chi connectivity index (χ3v) is 2.65. The highest BCUT2D eigenvalue weighted by Crippen LogP contribution is 2.30. The molecule has 2 heteroatoms. The molecule has 0 nitrogen and oxygen atoms in total. The Hall–Kier alpha value is -0.460. The minimum absolute atomic E-state index is 0.210. The van der Waals surface area contributed by atoms with Gasteiger partial charge in [0.2, 0.25) is 0 Å². The van der Waals surface area contributed by atoms with Gasteiger partial charge in [-0.15, -0.1) is 11.6 Å². The smallest absolute Gasteiger partial charge is 0.0938 e. The topological polar surface area (TPSA) is 0 Å². The van der Waals surface area contributed by atoms with E-state index in [1.807, 2.05) is 43.3 Å². The summed E-state index contributed by atoms with van der Waals surface area (Å²) >= 11 is 11.9. The molecular formula is C10H10Cl2. The van der Waals surface area contributed by atoms with Crippen molar-refractivity contribution in [2.45, 2.75) is 12.3 Å². The standard InChI is InChI=1S/C10H10Cl2/c1-2-9(11)10(12)8-6-4-3-5-7-8/h2-7,10H,1H3/b9-2-. The molecule has 12 heavy (non-hydrogen) atoms. The van der Waals surface area contributed by atoms with E-state index < -0.39 is 0 Å². The summed E-state index contributed by atoms with van der Waals surface area (Å²) in [6, 6.07) is 9.78. The van der Waals surface area contributed by atoms with Gasteiger partial charge in [0, 0.05) is 5.03 Å². The molecule has 0 saturated carbocycles. The summed E-state index contributed by atoms with van der Waals surface area (Å²) in [4.78, 5) is 0. The van der Waals surface area contributed by atoms with Crippen molar-refractivity contribution < 1.29 is 0 Å². The van der Waals surface area contributed by atoms with Crippen LogP contribution in [0.3, 0.4) is 0 Å². The number of allylic oxidation sites excluding steroid dienone is 2. The molecule has 0 aliphatic carbocycles. The minimum atomic E-state index is -0.210. The van der Waals surface area contributed by atoms with Crippen molar-refractivity contribution in [3.63, 3.8) is 0 Å². The fourth-order valence-electron chi connectivity index (χ4n) is 0.928. The molecule has 0 fully saturated rings. The van der Waals surface area contributed by atoms with E-state index in [0.717, 1.165) is 5.56 Å². The first-order valence-electron chi connectivity index (χ1n) is 3.76. The van der Waals surface area contributed by atoms with Gasteiger partial charge in [-0.3, -0.25) is 0 Å². The van der Waals surface area contributed by atoms with Crippen LogP contribution in [-0.4, -0.2) is 0 Å². The van der Waals surface area contributed by atoms with Gasteiger partial charge in [0.25, 0.3) is 0 Å². The van der Waals surface area contributed by atoms with Crippen LogP contribution in [0.25, 0.3) is 0 Å². The van der Waals surface area contributed by atoms with Gasteiger partial charge < -0.3 is 0 Å². The molecule has 1 aromatic carbocycles. The highest BCUT2D eigenvalue weighted by atomic mass is 35.5. The summed E-state index contributed by atoms with van der Waals surface area (Å²) in [5.74, 6) is 0. The Bertz CT molecular complexity index is 264.